The van der Waals surface area contributed by atoms with Crippen molar-refractivity contribution < 1.29 is 4.74 Å². The molecule has 0 amide bonds. The number of nitrogens with zero attached hydrogens (tertiary/aromatic N) is 1. The molecule has 0 N–H and O–H groups in total. The van der Waals surface area contributed by atoms with Crippen LogP contribution in [-0.4, -0.2) is 18.5 Å². The van der Waals surface area contributed by atoms with Crippen molar-refractivity contribution in [3.8, 4) is 0 Å². The molecule has 1 heterocycles. The van der Waals surface area contributed by atoms with Gasteiger partial charge in [-0.15, -0.1) is 0 Å². The largest absolute Gasteiger partial charge is 0.484 e. The van der Waals surface area contributed by atoms with E-state index < -0.39 is 0 Å². The van der Waals surface area contributed by atoms with Gasteiger partial charge in [-0.3, -0.25) is 0 Å². The summed E-state index contributed by atoms with van der Waals surface area (Å²) in [6, 6.07) is 0. The lowest BCUT2D eigenvalue weighted by molar-refractivity contribution is 0.231. The Kier molecular flexibility index (Phi) is 1.31. The van der Waals surface area contributed by atoms with Crippen LogP contribution in [0.5, 0.6) is 0 Å². The highest BCUT2D eigenvalue weighted by atomic mass is 16.5. The lowest BCUT2D eigenvalue weighted by Crippen LogP contribution is -2.49. The normalized spacial score (nSPS) is 40.5. The molecule has 2 heteroatoms. The summed E-state index contributed by atoms with van der Waals surface area (Å²) in [5.41, 5.74) is 0.167. The summed E-state index contributed by atoms with van der Waals surface area (Å²) in [6.45, 7) is 2.20. The second kappa shape index (κ2) is 2.10. The van der Waals surface area contributed by atoms with Gasteiger partial charge in [-0.1, -0.05) is 12.2 Å². The van der Waals surface area contributed by atoms with Crippen LogP contribution >= 0.6 is 0 Å². The van der Waals surface area contributed by atoms with Crippen molar-refractivity contribution in [1.82, 2.24) is 0 Å². The average molecular weight is 151 g/mol. The van der Waals surface area contributed by atoms with Crippen molar-refractivity contribution in [1.29, 1.82) is 0 Å². The molecule has 0 aromatic rings. The van der Waals surface area contributed by atoms with Crippen LogP contribution in [0.1, 0.15) is 19.8 Å². The summed E-state index contributed by atoms with van der Waals surface area (Å²) >= 11 is 0. The fraction of sp³-hybridized carbons (Fsp3) is 0.667. The first-order valence-electron chi connectivity index (χ1n) is 4.05. The maximum atomic E-state index is 5.14. The second-order valence-corrected chi connectivity index (χ2v) is 3.48. The topological polar surface area (TPSA) is 21.6 Å². The molecule has 2 aliphatic rings. The van der Waals surface area contributed by atoms with Gasteiger partial charge in [0.1, 0.15) is 0 Å². The number of methoxy groups -OCH3 is 1. The minimum atomic E-state index is 0.167. The predicted molar refractivity (Wildman–Crippen MR) is 44.7 cm³/mol. The van der Waals surface area contributed by atoms with Crippen LogP contribution in [0.25, 0.3) is 0 Å². The Morgan fingerprint density at radius 3 is 3.09 bits per heavy atom. The molecule has 0 aromatic carbocycles. The van der Waals surface area contributed by atoms with E-state index in [-0.39, 0.29) is 5.54 Å². The molecule has 2 unspecified atom stereocenters. The van der Waals surface area contributed by atoms with E-state index in [1.807, 2.05) is 0 Å². The van der Waals surface area contributed by atoms with Crippen LogP contribution < -0.4 is 0 Å². The quantitative estimate of drug-likeness (QED) is 0.483. The molecule has 60 valence electrons. The molecule has 2 atom stereocenters. The predicted octanol–water partition coefficient (Wildman–Crippen LogP) is 1.77. The van der Waals surface area contributed by atoms with E-state index in [0.717, 1.165) is 18.7 Å². The van der Waals surface area contributed by atoms with Crippen LogP contribution in [-0.2, 0) is 4.74 Å². The van der Waals surface area contributed by atoms with Crippen LogP contribution in [0, 0.1) is 5.92 Å². The Hall–Kier alpha value is -0.790. The van der Waals surface area contributed by atoms with Crippen molar-refractivity contribution in [3.63, 3.8) is 0 Å². The summed E-state index contributed by atoms with van der Waals surface area (Å²) in [5, 5.41) is 0. The van der Waals surface area contributed by atoms with Gasteiger partial charge < -0.3 is 4.74 Å². The number of rotatable bonds is 0. The number of hydrogen-bond donors (Lipinski definition) is 0. The molecule has 2 nitrogen and oxygen atoms in total. The highest BCUT2D eigenvalue weighted by molar-refractivity contribution is 5.86. The number of hydrogen-bond acceptors (Lipinski definition) is 2. The standard InChI is InChI=1S/C9H13NO/c1-9-6-4-3-5-7(9)8(10-9)11-2/h3-4,7H,5-6H2,1-2H3. The number of allylic oxidation sites excluding steroid dienone is 1. The number of ether oxygens (including phenoxy) is 1. The van der Waals surface area contributed by atoms with Gasteiger partial charge in [0, 0.05) is 0 Å². The first kappa shape index (κ1) is 6.89. The summed E-state index contributed by atoms with van der Waals surface area (Å²) in [4.78, 5) is 4.44. The van der Waals surface area contributed by atoms with E-state index in [9.17, 15) is 0 Å². The van der Waals surface area contributed by atoms with E-state index in [2.05, 4.69) is 24.1 Å². The van der Waals surface area contributed by atoms with Crippen molar-refractivity contribution >= 4 is 5.90 Å². The van der Waals surface area contributed by atoms with Gasteiger partial charge in [-0.25, -0.2) is 4.99 Å². The third-order valence-corrected chi connectivity index (χ3v) is 2.69. The zero-order valence-electron chi connectivity index (χ0n) is 7.00. The molecule has 0 saturated carbocycles. The van der Waals surface area contributed by atoms with Crippen molar-refractivity contribution in [2.24, 2.45) is 10.9 Å². The van der Waals surface area contributed by atoms with Crippen LogP contribution in [0.3, 0.4) is 0 Å². The molecular weight excluding hydrogens is 138 g/mol. The smallest absolute Gasteiger partial charge is 0.189 e. The highest BCUT2D eigenvalue weighted by Gasteiger charge is 2.46. The van der Waals surface area contributed by atoms with Gasteiger partial charge >= 0.3 is 0 Å². The molecule has 0 fully saturated rings. The Balaban J connectivity index is 2.21. The van der Waals surface area contributed by atoms with Gasteiger partial charge in [0.25, 0.3) is 0 Å². The van der Waals surface area contributed by atoms with Gasteiger partial charge in [0.2, 0.25) is 0 Å². The summed E-state index contributed by atoms with van der Waals surface area (Å²) in [6.07, 6.45) is 6.61. The lowest BCUT2D eigenvalue weighted by Gasteiger charge is -2.43. The monoisotopic (exact) mass is 151 g/mol. The first-order chi connectivity index (χ1) is 5.26. The average Bonchev–Trinajstić information content (AvgIpc) is 1.98. The minimum Gasteiger partial charge on any atom is -0.484 e. The molecule has 0 aromatic heterocycles. The van der Waals surface area contributed by atoms with Crippen molar-refractivity contribution in [3.05, 3.63) is 12.2 Å². The van der Waals surface area contributed by atoms with E-state index >= 15 is 0 Å². The molecule has 0 saturated heterocycles. The van der Waals surface area contributed by atoms with Crippen molar-refractivity contribution in [2.75, 3.05) is 7.11 Å². The zero-order chi connectivity index (χ0) is 7.90. The first-order valence-corrected chi connectivity index (χ1v) is 4.05. The second-order valence-electron chi connectivity index (χ2n) is 3.48. The van der Waals surface area contributed by atoms with E-state index in [0.29, 0.717) is 5.92 Å². The Bertz CT molecular complexity index is 232. The Morgan fingerprint density at radius 2 is 2.45 bits per heavy atom. The van der Waals surface area contributed by atoms with E-state index in [1.165, 1.54) is 0 Å². The SMILES string of the molecule is COC1=NC2(C)CC=CCC12. The zero-order valence-corrected chi connectivity index (χ0v) is 7.00. The van der Waals surface area contributed by atoms with Crippen LogP contribution in [0.15, 0.2) is 17.1 Å². The maximum absolute atomic E-state index is 5.14. The molecule has 0 bridgehead atoms. The van der Waals surface area contributed by atoms with Gasteiger partial charge in [0.15, 0.2) is 5.90 Å². The molecule has 1 aliphatic heterocycles. The molecule has 1 aliphatic carbocycles. The van der Waals surface area contributed by atoms with Gasteiger partial charge in [-0.2, -0.15) is 0 Å². The van der Waals surface area contributed by atoms with Crippen LogP contribution in [0.2, 0.25) is 0 Å². The molecular formula is C9H13NO. The van der Waals surface area contributed by atoms with Crippen molar-refractivity contribution in [2.45, 2.75) is 25.3 Å². The Morgan fingerprint density at radius 1 is 1.64 bits per heavy atom. The lowest BCUT2D eigenvalue weighted by atomic mass is 9.73. The minimum absolute atomic E-state index is 0.167. The van der Waals surface area contributed by atoms with Gasteiger partial charge in [-0.05, 0) is 19.8 Å². The van der Waals surface area contributed by atoms with Crippen LogP contribution in [0.4, 0.5) is 0 Å². The fourth-order valence-corrected chi connectivity index (χ4v) is 1.89. The summed E-state index contributed by atoms with van der Waals surface area (Å²) in [7, 11) is 1.71. The molecule has 0 spiro atoms. The Labute approximate surface area is 67.0 Å². The summed E-state index contributed by atoms with van der Waals surface area (Å²) in [5.74, 6) is 1.49. The molecule has 11 heavy (non-hydrogen) atoms. The summed E-state index contributed by atoms with van der Waals surface area (Å²) < 4.78 is 5.14. The number of fused-ring (bicyclic) bond motifs is 1. The van der Waals surface area contributed by atoms with E-state index in [1.54, 1.807) is 7.11 Å². The highest BCUT2D eigenvalue weighted by Crippen LogP contribution is 2.41. The molecule has 2 rings (SSSR count). The third kappa shape index (κ3) is 0.817. The van der Waals surface area contributed by atoms with E-state index in [4.69, 9.17) is 4.74 Å². The maximum Gasteiger partial charge on any atom is 0.189 e. The molecule has 0 radical (unpaired) electrons. The van der Waals surface area contributed by atoms with Gasteiger partial charge in [0.05, 0.1) is 18.6 Å². The third-order valence-electron chi connectivity index (χ3n) is 2.69. The fourth-order valence-electron chi connectivity index (χ4n) is 1.89. The number of aliphatic imine (C=N–C) groups is 1.